The second kappa shape index (κ2) is 7.33. The predicted octanol–water partition coefficient (Wildman–Crippen LogP) is 1.71. The van der Waals surface area contributed by atoms with Crippen molar-refractivity contribution in [3.63, 3.8) is 0 Å². The summed E-state index contributed by atoms with van der Waals surface area (Å²) in [5, 5.41) is 2.92. The Morgan fingerprint density at radius 1 is 1.40 bits per heavy atom. The quantitative estimate of drug-likeness (QED) is 0.807. The van der Waals surface area contributed by atoms with Gasteiger partial charge in [-0.1, -0.05) is 12.1 Å². The minimum atomic E-state index is 0.0579. The Bertz CT molecular complexity index is 538. The van der Waals surface area contributed by atoms with Crippen molar-refractivity contribution >= 4 is 5.91 Å². The van der Waals surface area contributed by atoms with Crippen LogP contribution in [0, 0.1) is 0 Å². The number of nitrogens with one attached hydrogen (secondary N) is 2. The third kappa shape index (κ3) is 4.42. The van der Waals surface area contributed by atoms with Crippen LogP contribution in [0.2, 0.25) is 0 Å². The second-order valence-corrected chi connectivity index (χ2v) is 4.53. The summed E-state index contributed by atoms with van der Waals surface area (Å²) in [6.07, 6.45) is 5.32. The maximum Gasteiger partial charge on any atom is 0.220 e. The van der Waals surface area contributed by atoms with Crippen LogP contribution in [-0.4, -0.2) is 29.5 Å². The third-order valence-corrected chi connectivity index (χ3v) is 3.05. The van der Waals surface area contributed by atoms with Crippen LogP contribution in [0.4, 0.5) is 0 Å². The molecule has 1 aromatic heterocycles. The normalized spacial score (nSPS) is 10.2. The fraction of sp³-hybridized carbons (Fsp3) is 0.333. The fourth-order valence-corrected chi connectivity index (χ4v) is 1.93. The summed E-state index contributed by atoms with van der Waals surface area (Å²) >= 11 is 0. The number of carbonyl (C=O) groups is 1. The minimum absolute atomic E-state index is 0.0579. The topological polar surface area (TPSA) is 67.0 Å². The molecule has 5 heteroatoms. The van der Waals surface area contributed by atoms with Gasteiger partial charge >= 0.3 is 0 Å². The van der Waals surface area contributed by atoms with Crippen LogP contribution in [0.5, 0.6) is 5.75 Å². The molecule has 5 nitrogen and oxygen atoms in total. The summed E-state index contributed by atoms with van der Waals surface area (Å²) in [6, 6.07) is 7.87. The minimum Gasteiger partial charge on any atom is -0.497 e. The number of imidazole rings is 1. The number of aromatic nitrogens is 2. The number of carbonyl (C=O) groups excluding carboxylic acids is 1. The first-order chi connectivity index (χ1) is 9.78. The Morgan fingerprint density at radius 2 is 2.30 bits per heavy atom. The van der Waals surface area contributed by atoms with Crippen LogP contribution in [0.25, 0.3) is 0 Å². The molecule has 1 amide bonds. The number of aromatic amines is 1. The van der Waals surface area contributed by atoms with Crippen molar-refractivity contribution in [3.05, 3.63) is 48.0 Å². The molecule has 0 radical (unpaired) electrons. The van der Waals surface area contributed by atoms with Gasteiger partial charge in [-0.05, 0) is 30.5 Å². The van der Waals surface area contributed by atoms with E-state index >= 15 is 0 Å². The van der Waals surface area contributed by atoms with Gasteiger partial charge in [0.25, 0.3) is 0 Å². The molecular weight excluding hydrogens is 254 g/mol. The van der Waals surface area contributed by atoms with Crippen LogP contribution in [0.1, 0.15) is 17.7 Å². The standard InChI is InChI=1S/C15H19N3O2/c1-20-14-4-2-3-12(9-14)7-8-17-15(19)6-5-13-10-16-11-18-13/h2-4,9-11H,5-8H2,1H3,(H,16,18)(H,17,19). The van der Waals surface area contributed by atoms with Gasteiger partial charge in [-0.25, -0.2) is 4.98 Å². The highest BCUT2D eigenvalue weighted by Crippen LogP contribution is 2.12. The average molecular weight is 273 g/mol. The van der Waals surface area contributed by atoms with E-state index < -0.39 is 0 Å². The zero-order valence-electron chi connectivity index (χ0n) is 11.6. The maximum atomic E-state index is 11.7. The monoisotopic (exact) mass is 273 g/mol. The summed E-state index contributed by atoms with van der Waals surface area (Å²) < 4.78 is 5.17. The average Bonchev–Trinajstić information content (AvgIpc) is 2.99. The molecule has 2 aromatic rings. The molecule has 0 aliphatic carbocycles. The van der Waals surface area contributed by atoms with Gasteiger partial charge in [-0.15, -0.1) is 0 Å². The molecule has 20 heavy (non-hydrogen) atoms. The second-order valence-electron chi connectivity index (χ2n) is 4.53. The number of H-pyrrole nitrogens is 1. The van der Waals surface area contributed by atoms with E-state index in [-0.39, 0.29) is 5.91 Å². The van der Waals surface area contributed by atoms with Gasteiger partial charge in [0.2, 0.25) is 5.91 Å². The Balaban J connectivity index is 1.68. The number of methoxy groups -OCH3 is 1. The lowest BCUT2D eigenvalue weighted by atomic mass is 10.1. The van der Waals surface area contributed by atoms with Crippen molar-refractivity contribution in [2.75, 3.05) is 13.7 Å². The van der Waals surface area contributed by atoms with E-state index in [1.165, 1.54) is 0 Å². The molecule has 0 fully saturated rings. The highest BCUT2D eigenvalue weighted by Gasteiger charge is 2.03. The summed E-state index contributed by atoms with van der Waals surface area (Å²) in [5.74, 6) is 0.899. The summed E-state index contributed by atoms with van der Waals surface area (Å²) in [6.45, 7) is 0.634. The molecule has 2 rings (SSSR count). The van der Waals surface area contributed by atoms with Gasteiger partial charge in [0.15, 0.2) is 0 Å². The zero-order chi connectivity index (χ0) is 14.2. The Kier molecular flexibility index (Phi) is 5.17. The van der Waals surface area contributed by atoms with Crippen LogP contribution in [0.3, 0.4) is 0 Å². The van der Waals surface area contributed by atoms with Crippen molar-refractivity contribution in [1.29, 1.82) is 0 Å². The fourth-order valence-electron chi connectivity index (χ4n) is 1.93. The molecule has 0 saturated heterocycles. The first-order valence-electron chi connectivity index (χ1n) is 6.65. The first-order valence-corrected chi connectivity index (χ1v) is 6.65. The van der Waals surface area contributed by atoms with E-state index in [9.17, 15) is 4.79 Å². The molecule has 0 spiro atoms. The predicted molar refractivity (Wildman–Crippen MR) is 76.6 cm³/mol. The van der Waals surface area contributed by atoms with Crippen molar-refractivity contribution in [3.8, 4) is 5.75 Å². The number of hydrogen-bond donors (Lipinski definition) is 2. The lowest BCUT2D eigenvalue weighted by molar-refractivity contribution is -0.121. The van der Waals surface area contributed by atoms with E-state index in [2.05, 4.69) is 15.3 Å². The molecule has 0 bridgehead atoms. The molecule has 0 atom stereocenters. The van der Waals surface area contributed by atoms with E-state index in [0.29, 0.717) is 19.4 Å². The lowest BCUT2D eigenvalue weighted by Crippen LogP contribution is -2.25. The summed E-state index contributed by atoms with van der Waals surface area (Å²) in [7, 11) is 1.65. The number of aryl methyl sites for hydroxylation is 1. The Hall–Kier alpha value is -2.30. The molecule has 106 valence electrons. The molecule has 0 saturated carbocycles. The summed E-state index contributed by atoms with van der Waals surface area (Å²) in [5.41, 5.74) is 2.13. The molecular formula is C15H19N3O2. The van der Waals surface area contributed by atoms with Crippen LogP contribution < -0.4 is 10.1 Å². The highest BCUT2D eigenvalue weighted by molar-refractivity contribution is 5.76. The van der Waals surface area contributed by atoms with E-state index in [0.717, 1.165) is 23.4 Å². The van der Waals surface area contributed by atoms with Gasteiger partial charge in [0, 0.05) is 24.9 Å². The largest absolute Gasteiger partial charge is 0.497 e. The first kappa shape index (κ1) is 14.1. The van der Waals surface area contributed by atoms with E-state index in [1.807, 2.05) is 24.3 Å². The lowest BCUT2D eigenvalue weighted by Gasteiger charge is -2.06. The van der Waals surface area contributed by atoms with Gasteiger partial charge in [0.1, 0.15) is 5.75 Å². The molecule has 0 aliphatic heterocycles. The van der Waals surface area contributed by atoms with Crippen LogP contribution in [-0.2, 0) is 17.6 Å². The van der Waals surface area contributed by atoms with Gasteiger partial charge in [-0.3, -0.25) is 4.79 Å². The van der Waals surface area contributed by atoms with E-state index in [1.54, 1.807) is 19.6 Å². The van der Waals surface area contributed by atoms with Gasteiger partial charge in [0.05, 0.1) is 13.4 Å². The molecule has 2 N–H and O–H groups in total. The van der Waals surface area contributed by atoms with Crippen molar-refractivity contribution in [1.82, 2.24) is 15.3 Å². The number of benzene rings is 1. The van der Waals surface area contributed by atoms with Crippen molar-refractivity contribution in [2.24, 2.45) is 0 Å². The number of rotatable bonds is 7. The highest BCUT2D eigenvalue weighted by atomic mass is 16.5. The van der Waals surface area contributed by atoms with Crippen molar-refractivity contribution in [2.45, 2.75) is 19.3 Å². The number of hydrogen-bond acceptors (Lipinski definition) is 3. The summed E-state index contributed by atoms with van der Waals surface area (Å²) in [4.78, 5) is 18.6. The third-order valence-electron chi connectivity index (χ3n) is 3.05. The van der Waals surface area contributed by atoms with Crippen LogP contribution >= 0.6 is 0 Å². The maximum absolute atomic E-state index is 11.7. The number of ether oxygens (including phenoxy) is 1. The van der Waals surface area contributed by atoms with E-state index in [4.69, 9.17) is 4.74 Å². The molecule has 1 heterocycles. The smallest absolute Gasteiger partial charge is 0.220 e. The molecule has 0 aliphatic rings. The SMILES string of the molecule is COc1cccc(CCNC(=O)CCc2cnc[nH]2)c1. The molecule has 1 aromatic carbocycles. The van der Waals surface area contributed by atoms with Crippen molar-refractivity contribution < 1.29 is 9.53 Å². The molecule has 0 unspecified atom stereocenters. The Morgan fingerprint density at radius 3 is 3.05 bits per heavy atom. The number of amides is 1. The number of nitrogens with zero attached hydrogens (tertiary/aromatic N) is 1. The Labute approximate surface area is 118 Å². The zero-order valence-corrected chi connectivity index (χ0v) is 11.6. The van der Waals surface area contributed by atoms with Gasteiger partial charge < -0.3 is 15.0 Å². The van der Waals surface area contributed by atoms with Gasteiger partial charge in [-0.2, -0.15) is 0 Å². The van der Waals surface area contributed by atoms with Crippen LogP contribution in [0.15, 0.2) is 36.8 Å².